The van der Waals surface area contributed by atoms with Gasteiger partial charge >= 0.3 is 0 Å². The number of amides is 2. The number of nitrogens with one attached hydrogen (secondary N) is 1. The summed E-state index contributed by atoms with van der Waals surface area (Å²) in [6.07, 6.45) is 1.88. The molecule has 2 aliphatic rings. The van der Waals surface area contributed by atoms with Crippen LogP contribution in [0.5, 0.6) is 5.75 Å². The Bertz CT molecular complexity index is 1020. The van der Waals surface area contributed by atoms with E-state index in [4.69, 9.17) is 9.47 Å². The zero-order valence-corrected chi connectivity index (χ0v) is 21.1. The molecule has 0 saturated carbocycles. The summed E-state index contributed by atoms with van der Waals surface area (Å²) in [5.41, 5.74) is 1.27. The van der Waals surface area contributed by atoms with E-state index < -0.39 is 0 Å². The third kappa shape index (κ3) is 6.97. The van der Waals surface area contributed by atoms with Crippen LogP contribution in [-0.2, 0) is 20.9 Å². The van der Waals surface area contributed by atoms with E-state index >= 15 is 0 Å². The van der Waals surface area contributed by atoms with Crippen LogP contribution < -0.4 is 15.0 Å². The molecule has 3 atom stereocenters. The highest BCUT2D eigenvalue weighted by atomic mass is 19.1. The molecule has 2 fully saturated rings. The summed E-state index contributed by atoms with van der Waals surface area (Å²) in [5.74, 6) is 0.0642. The average Bonchev–Trinajstić information content (AvgIpc) is 2.87. The molecule has 3 unspecified atom stereocenters. The predicted molar refractivity (Wildman–Crippen MR) is 136 cm³/mol. The third-order valence-electron chi connectivity index (χ3n) is 6.71. The molecule has 2 heterocycles. The first-order valence-electron chi connectivity index (χ1n) is 12.8. The van der Waals surface area contributed by atoms with Gasteiger partial charge < -0.3 is 24.6 Å². The van der Waals surface area contributed by atoms with Crippen molar-refractivity contribution in [2.75, 3.05) is 37.7 Å². The van der Waals surface area contributed by atoms with Gasteiger partial charge in [-0.15, -0.1) is 0 Å². The van der Waals surface area contributed by atoms with Crippen LogP contribution in [0.2, 0.25) is 0 Å². The van der Waals surface area contributed by atoms with Gasteiger partial charge in [0.05, 0.1) is 36.8 Å². The Balaban J connectivity index is 1.24. The zero-order chi connectivity index (χ0) is 25.5. The van der Waals surface area contributed by atoms with E-state index in [1.165, 1.54) is 6.07 Å². The van der Waals surface area contributed by atoms with E-state index in [-0.39, 0.29) is 48.7 Å². The first kappa shape index (κ1) is 25.9. The number of carbonyl (C=O) groups excluding carboxylic acids is 2. The van der Waals surface area contributed by atoms with E-state index in [2.05, 4.69) is 5.32 Å². The van der Waals surface area contributed by atoms with Gasteiger partial charge in [0, 0.05) is 32.7 Å². The first-order valence-corrected chi connectivity index (χ1v) is 12.8. The van der Waals surface area contributed by atoms with Crippen LogP contribution in [0, 0.1) is 11.7 Å². The second-order valence-corrected chi connectivity index (χ2v) is 9.76. The monoisotopic (exact) mass is 497 g/mol. The molecular formula is C28H36FN3O4. The minimum atomic E-state index is -0.296. The van der Waals surface area contributed by atoms with Crippen molar-refractivity contribution in [2.45, 2.75) is 51.9 Å². The summed E-state index contributed by atoms with van der Waals surface area (Å²) in [5, 5.41) is 2.93. The van der Waals surface area contributed by atoms with Crippen molar-refractivity contribution in [3.8, 4) is 5.75 Å². The Morgan fingerprint density at radius 1 is 1.08 bits per heavy atom. The maximum atomic E-state index is 14.9. The standard InChI is InChI=1S/C28H36FN3O4/c1-20-17-32(18-21(2)36-20)26-11-10-22(15-25(26)29)16-30-28(34)23-7-6-13-31(19-23)27(33)12-14-35-24-8-4-3-5-9-24/h3-5,8-11,15,20-21,23H,6-7,12-14,16-19H2,1-2H3,(H,30,34). The summed E-state index contributed by atoms with van der Waals surface area (Å²) in [4.78, 5) is 29.2. The molecule has 2 aromatic carbocycles. The van der Waals surface area contributed by atoms with Crippen LogP contribution in [0.1, 0.15) is 38.7 Å². The van der Waals surface area contributed by atoms with Crippen molar-refractivity contribution in [1.82, 2.24) is 10.2 Å². The number of ether oxygens (including phenoxy) is 2. The Hall–Kier alpha value is -3.13. The molecule has 0 spiro atoms. The number of piperidine rings is 1. The van der Waals surface area contributed by atoms with Crippen molar-refractivity contribution in [2.24, 2.45) is 5.92 Å². The van der Waals surface area contributed by atoms with Crippen molar-refractivity contribution in [1.29, 1.82) is 0 Å². The highest BCUT2D eigenvalue weighted by molar-refractivity contribution is 5.81. The molecule has 2 aromatic rings. The van der Waals surface area contributed by atoms with Crippen LogP contribution in [-0.4, -0.2) is 61.7 Å². The lowest BCUT2D eigenvalue weighted by Crippen LogP contribution is -2.46. The highest BCUT2D eigenvalue weighted by Crippen LogP contribution is 2.25. The maximum Gasteiger partial charge on any atom is 0.226 e. The second kappa shape index (κ2) is 12.2. The van der Waals surface area contributed by atoms with E-state index in [1.807, 2.05) is 55.1 Å². The SMILES string of the molecule is CC1CN(c2ccc(CNC(=O)C3CCCN(C(=O)CCOc4ccccc4)C3)cc2F)CC(C)O1. The Morgan fingerprint density at radius 3 is 2.56 bits per heavy atom. The summed E-state index contributed by atoms with van der Waals surface area (Å²) >= 11 is 0. The minimum absolute atomic E-state index is 0.00663. The van der Waals surface area contributed by atoms with Gasteiger partial charge in [0.15, 0.2) is 0 Å². The molecular weight excluding hydrogens is 461 g/mol. The molecule has 194 valence electrons. The molecule has 2 saturated heterocycles. The zero-order valence-electron chi connectivity index (χ0n) is 21.1. The Labute approximate surface area is 212 Å². The summed E-state index contributed by atoms with van der Waals surface area (Å²) in [6, 6.07) is 14.5. The normalized spacial score (nSPS) is 22.2. The van der Waals surface area contributed by atoms with Gasteiger partial charge in [0.2, 0.25) is 11.8 Å². The van der Waals surface area contributed by atoms with Gasteiger partial charge in [0.1, 0.15) is 11.6 Å². The number of rotatable bonds is 8. The number of halogens is 1. The number of morpholine rings is 1. The van der Waals surface area contributed by atoms with Gasteiger partial charge in [-0.05, 0) is 56.5 Å². The molecule has 0 aliphatic carbocycles. The molecule has 8 heteroatoms. The van der Waals surface area contributed by atoms with E-state index in [9.17, 15) is 14.0 Å². The van der Waals surface area contributed by atoms with Gasteiger partial charge in [-0.2, -0.15) is 0 Å². The number of para-hydroxylation sites is 1. The van der Waals surface area contributed by atoms with E-state index in [1.54, 1.807) is 11.0 Å². The smallest absolute Gasteiger partial charge is 0.226 e. The number of benzene rings is 2. The van der Waals surface area contributed by atoms with Gasteiger partial charge in [-0.25, -0.2) is 4.39 Å². The van der Waals surface area contributed by atoms with Crippen LogP contribution >= 0.6 is 0 Å². The number of hydrogen-bond donors (Lipinski definition) is 1. The van der Waals surface area contributed by atoms with Crippen LogP contribution in [0.15, 0.2) is 48.5 Å². The van der Waals surface area contributed by atoms with Gasteiger partial charge in [0.25, 0.3) is 0 Å². The Morgan fingerprint density at radius 2 is 1.83 bits per heavy atom. The third-order valence-corrected chi connectivity index (χ3v) is 6.71. The van der Waals surface area contributed by atoms with E-state index in [0.29, 0.717) is 44.0 Å². The Kier molecular flexibility index (Phi) is 8.80. The maximum absolute atomic E-state index is 14.9. The fraction of sp³-hybridized carbons (Fsp3) is 0.500. The summed E-state index contributed by atoms with van der Waals surface area (Å²) in [7, 11) is 0. The molecule has 4 rings (SSSR count). The predicted octanol–water partition coefficient (Wildman–Crippen LogP) is 3.76. The van der Waals surface area contributed by atoms with Gasteiger partial charge in [-0.3, -0.25) is 9.59 Å². The van der Waals surface area contributed by atoms with Crippen LogP contribution in [0.4, 0.5) is 10.1 Å². The molecule has 1 N–H and O–H groups in total. The number of carbonyl (C=O) groups is 2. The molecule has 0 bridgehead atoms. The number of nitrogens with zero attached hydrogens (tertiary/aromatic N) is 2. The quantitative estimate of drug-likeness (QED) is 0.601. The fourth-order valence-corrected chi connectivity index (χ4v) is 4.97. The number of hydrogen-bond acceptors (Lipinski definition) is 5. The van der Waals surface area contributed by atoms with Crippen molar-refractivity contribution < 1.29 is 23.5 Å². The molecule has 2 amide bonds. The van der Waals surface area contributed by atoms with Gasteiger partial charge in [-0.1, -0.05) is 24.3 Å². The topological polar surface area (TPSA) is 71.1 Å². The largest absolute Gasteiger partial charge is 0.493 e. The molecule has 36 heavy (non-hydrogen) atoms. The number of anilines is 1. The molecule has 7 nitrogen and oxygen atoms in total. The van der Waals surface area contributed by atoms with E-state index in [0.717, 1.165) is 18.6 Å². The highest BCUT2D eigenvalue weighted by Gasteiger charge is 2.28. The lowest BCUT2D eigenvalue weighted by molar-refractivity contribution is -0.136. The van der Waals surface area contributed by atoms with Crippen molar-refractivity contribution in [3.63, 3.8) is 0 Å². The van der Waals surface area contributed by atoms with Crippen molar-refractivity contribution in [3.05, 3.63) is 59.9 Å². The van der Waals surface area contributed by atoms with Crippen molar-refractivity contribution >= 4 is 17.5 Å². The molecule has 0 aromatic heterocycles. The lowest BCUT2D eigenvalue weighted by Gasteiger charge is -2.37. The lowest BCUT2D eigenvalue weighted by atomic mass is 9.96. The summed E-state index contributed by atoms with van der Waals surface area (Å²) < 4.78 is 26.2. The molecule has 0 radical (unpaired) electrons. The van der Waals surface area contributed by atoms with Crippen LogP contribution in [0.3, 0.4) is 0 Å². The van der Waals surface area contributed by atoms with Crippen LogP contribution in [0.25, 0.3) is 0 Å². The number of likely N-dealkylation sites (tertiary alicyclic amines) is 1. The average molecular weight is 498 g/mol. The fourth-order valence-electron chi connectivity index (χ4n) is 4.97. The molecule has 2 aliphatic heterocycles. The summed E-state index contributed by atoms with van der Waals surface area (Å²) in [6.45, 7) is 6.88. The first-order chi connectivity index (χ1) is 17.4. The minimum Gasteiger partial charge on any atom is -0.493 e. The second-order valence-electron chi connectivity index (χ2n) is 9.76.